The lowest BCUT2D eigenvalue weighted by Crippen LogP contribution is -1.38. The number of hydrogen-bond acceptors (Lipinski definition) is 2. The van der Waals surface area contributed by atoms with Crippen LogP contribution in [0.25, 0.3) is 0 Å². The lowest BCUT2D eigenvalue weighted by Gasteiger charge is -1.48. The van der Waals surface area contributed by atoms with Crippen molar-refractivity contribution in [3.63, 3.8) is 0 Å². The molecule has 0 aliphatic carbocycles. The summed E-state index contributed by atoms with van der Waals surface area (Å²) in [6, 6.07) is 0. The summed E-state index contributed by atoms with van der Waals surface area (Å²) >= 11 is 3.79. The van der Waals surface area contributed by atoms with Crippen LogP contribution >= 0.6 is 20.9 Å². The summed E-state index contributed by atoms with van der Waals surface area (Å²) in [6.07, 6.45) is 0. The van der Waals surface area contributed by atoms with E-state index in [-0.39, 0.29) is 0 Å². The fourth-order valence-electron chi connectivity index (χ4n) is 0. The summed E-state index contributed by atoms with van der Waals surface area (Å²) in [7, 11) is -2.87. The van der Waals surface area contributed by atoms with Crippen molar-refractivity contribution in [2.45, 2.75) is 6.92 Å². The van der Waals surface area contributed by atoms with E-state index in [1.54, 1.807) is 0 Å². The summed E-state index contributed by atoms with van der Waals surface area (Å²) in [4.78, 5) is 14.2. The molecule has 0 saturated heterocycles. The second-order valence-corrected chi connectivity index (χ2v) is 1.71. The smallest absolute Gasteiger partial charge is 0.180 e. The zero-order chi connectivity index (χ0) is 6.28. The average Bonchev–Trinajstić information content (AvgIpc) is 1.33. The Bertz CT molecular complexity index is 44.2. The molecule has 5 heteroatoms. The Hall–Kier alpha value is 0.370. The molecule has 0 rings (SSSR count). The van der Waals surface area contributed by atoms with Gasteiger partial charge >= 0.3 is 8.25 Å². The van der Waals surface area contributed by atoms with Gasteiger partial charge in [0.25, 0.3) is 0 Å². The first-order chi connectivity index (χ1) is 3.15. The average molecular weight is 143 g/mol. The predicted molar refractivity (Wildman–Crippen MR) is 31.6 cm³/mol. The van der Waals surface area contributed by atoms with Crippen LogP contribution in [0.2, 0.25) is 0 Å². The van der Waals surface area contributed by atoms with E-state index in [4.69, 9.17) is 14.4 Å². The summed E-state index contributed by atoms with van der Waals surface area (Å²) in [5.74, 6) is 0.944. The standard InChI is InChI=1S/C2H6S.HO3P/c1-2-3;1-4(2)3/h3H,2H2,1H3;(H-,1,2,3)/p+1. The van der Waals surface area contributed by atoms with Crippen LogP contribution in [0.15, 0.2) is 0 Å². The van der Waals surface area contributed by atoms with E-state index in [0.717, 1.165) is 5.75 Å². The molecule has 0 unspecified atom stereocenters. The van der Waals surface area contributed by atoms with Gasteiger partial charge in [0.05, 0.1) is 0 Å². The zero-order valence-electron chi connectivity index (χ0n) is 3.90. The highest BCUT2D eigenvalue weighted by Gasteiger charge is 1.93. The molecule has 3 nitrogen and oxygen atoms in total. The van der Waals surface area contributed by atoms with E-state index in [1.807, 2.05) is 6.92 Å². The number of hydrogen-bond donors (Lipinski definition) is 3. The van der Waals surface area contributed by atoms with Crippen LogP contribution in [0, 0.1) is 0 Å². The quantitative estimate of drug-likeness (QED) is 0.343. The molecule has 44 valence electrons. The Morgan fingerprint density at radius 2 is 1.71 bits per heavy atom. The minimum Gasteiger partial charge on any atom is -0.180 e. The van der Waals surface area contributed by atoms with Gasteiger partial charge in [-0.05, 0) is 5.75 Å². The molecule has 0 aliphatic rings. The van der Waals surface area contributed by atoms with Gasteiger partial charge in [0.15, 0.2) is 0 Å². The molecule has 7 heavy (non-hydrogen) atoms. The summed E-state index contributed by atoms with van der Waals surface area (Å²) in [5.41, 5.74) is 0. The predicted octanol–water partition coefficient (Wildman–Crippen LogP) is 0.564. The molecule has 0 atom stereocenters. The van der Waals surface area contributed by atoms with Crippen molar-refractivity contribution in [1.29, 1.82) is 0 Å². The van der Waals surface area contributed by atoms with Crippen LogP contribution in [-0.2, 0) is 4.57 Å². The summed E-state index contributed by atoms with van der Waals surface area (Å²) in [5, 5.41) is 0. The topological polar surface area (TPSA) is 57.5 Å². The van der Waals surface area contributed by atoms with Crippen molar-refractivity contribution >= 4 is 20.9 Å². The lowest BCUT2D eigenvalue weighted by molar-refractivity contribution is 0.405. The maximum Gasteiger partial charge on any atom is 0.692 e. The molecule has 0 aromatic heterocycles. The number of rotatable bonds is 0. The molecular weight excluding hydrogens is 135 g/mol. The molecule has 0 spiro atoms. The van der Waals surface area contributed by atoms with Crippen LogP contribution in [0.3, 0.4) is 0 Å². The number of thiol groups is 1. The first kappa shape index (κ1) is 10.4. The first-order valence-corrected chi connectivity index (χ1v) is 3.40. The third-order valence-corrected chi connectivity index (χ3v) is 0. The van der Waals surface area contributed by atoms with Crippen LogP contribution in [0.5, 0.6) is 0 Å². The van der Waals surface area contributed by atoms with Gasteiger partial charge in [-0.3, -0.25) is 0 Å². The van der Waals surface area contributed by atoms with Crippen LogP contribution in [0.1, 0.15) is 6.92 Å². The maximum atomic E-state index is 8.70. The maximum absolute atomic E-state index is 8.70. The van der Waals surface area contributed by atoms with Crippen molar-refractivity contribution in [3.8, 4) is 0 Å². The van der Waals surface area contributed by atoms with E-state index >= 15 is 0 Å². The molecule has 0 radical (unpaired) electrons. The molecular formula is C2H8O3PS+. The van der Waals surface area contributed by atoms with Gasteiger partial charge in [-0.2, -0.15) is 12.6 Å². The third-order valence-electron chi connectivity index (χ3n) is 0. The molecule has 0 saturated carbocycles. The van der Waals surface area contributed by atoms with Crippen LogP contribution in [-0.4, -0.2) is 15.5 Å². The SMILES string of the molecule is CCS.O=[P+](O)O. The van der Waals surface area contributed by atoms with Gasteiger partial charge in [0.2, 0.25) is 0 Å². The summed E-state index contributed by atoms with van der Waals surface area (Å²) < 4.78 is 8.70. The molecule has 0 amide bonds. The van der Waals surface area contributed by atoms with Crippen LogP contribution in [0.4, 0.5) is 0 Å². The Kier molecular flexibility index (Phi) is 14.3. The highest BCUT2D eigenvalue weighted by atomic mass is 32.1. The lowest BCUT2D eigenvalue weighted by atomic mass is 11.0. The Labute approximate surface area is 48.7 Å². The van der Waals surface area contributed by atoms with E-state index in [0.29, 0.717) is 0 Å². The van der Waals surface area contributed by atoms with E-state index in [1.165, 1.54) is 0 Å². The highest BCUT2D eigenvalue weighted by Crippen LogP contribution is 1.98. The molecule has 0 aromatic carbocycles. The normalized spacial score (nSPS) is 6.29. The van der Waals surface area contributed by atoms with Gasteiger partial charge in [-0.25, -0.2) is 0 Å². The van der Waals surface area contributed by atoms with Crippen molar-refractivity contribution < 1.29 is 14.4 Å². The van der Waals surface area contributed by atoms with Crippen molar-refractivity contribution in [1.82, 2.24) is 0 Å². The van der Waals surface area contributed by atoms with Gasteiger partial charge in [-0.15, -0.1) is 9.79 Å². The highest BCUT2D eigenvalue weighted by molar-refractivity contribution is 7.80. The molecule has 0 bridgehead atoms. The van der Waals surface area contributed by atoms with E-state index in [2.05, 4.69) is 12.6 Å². The van der Waals surface area contributed by atoms with Crippen LogP contribution < -0.4 is 0 Å². The molecule has 0 aromatic rings. The van der Waals surface area contributed by atoms with Crippen molar-refractivity contribution in [2.75, 3.05) is 5.75 Å². The van der Waals surface area contributed by atoms with Gasteiger partial charge < -0.3 is 0 Å². The molecule has 0 fully saturated rings. The minimum atomic E-state index is -2.87. The fraction of sp³-hybridized carbons (Fsp3) is 1.00. The first-order valence-electron chi connectivity index (χ1n) is 1.61. The zero-order valence-corrected chi connectivity index (χ0v) is 5.69. The Balaban J connectivity index is 0. The summed E-state index contributed by atoms with van der Waals surface area (Å²) in [6.45, 7) is 1.99. The fourth-order valence-corrected chi connectivity index (χ4v) is 0. The van der Waals surface area contributed by atoms with Crippen molar-refractivity contribution in [3.05, 3.63) is 0 Å². The minimum absolute atomic E-state index is 0.944. The third kappa shape index (κ3) is 889. The van der Waals surface area contributed by atoms with E-state index in [9.17, 15) is 0 Å². The Morgan fingerprint density at radius 1 is 1.71 bits per heavy atom. The molecule has 0 aliphatic heterocycles. The second kappa shape index (κ2) is 9.62. The van der Waals surface area contributed by atoms with Gasteiger partial charge in [0.1, 0.15) is 0 Å². The second-order valence-electron chi connectivity index (χ2n) is 0.569. The van der Waals surface area contributed by atoms with Crippen molar-refractivity contribution in [2.24, 2.45) is 0 Å². The van der Waals surface area contributed by atoms with Gasteiger partial charge in [0, 0.05) is 4.57 Å². The molecule has 0 heterocycles. The monoisotopic (exact) mass is 143 g/mol. The van der Waals surface area contributed by atoms with Gasteiger partial charge in [-0.1, -0.05) is 6.92 Å². The largest absolute Gasteiger partial charge is 0.692 e. The molecule has 2 N–H and O–H groups in total. The Morgan fingerprint density at radius 3 is 1.71 bits per heavy atom. The van der Waals surface area contributed by atoms with E-state index < -0.39 is 8.25 Å².